The van der Waals surface area contributed by atoms with Crippen molar-refractivity contribution in [3.05, 3.63) is 65.3 Å². The molecule has 3 rings (SSSR count). The molecule has 2 N–H and O–H groups in total. The van der Waals surface area contributed by atoms with Crippen molar-refractivity contribution in [1.82, 2.24) is 0 Å². The van der Waals surface area contributed by atoms with E-state index in [9.17, 15) is 14.7 Å². The lowest BCUT2D eigenvalue weighted by atomic mass is 10.0. The van der Waals surface area contributed by atoms with E-state index in [4.69, 9.17) is 16.3 Å². The minimum atomic E-state index is -1.14. The van der Waals surface area contributed by atoms with Crippen LogP contribution < -0.4 is 10.1 Å². The van der Waals surface area contributed by atoms with Gasteiger partial charge in [0.15, 0.2) is 0 Å². The van der Waals surface area contributed by atoms with Crippen LogP contribution in [0.3, 0.4) is 0 Å². The van der Waals surface area contributed by atoms with E-state index in [0.29, 0.717) is 40.9 Å². The maximum atomic E-state index is 12.9. The summed E-state index contributed by atoms with van der Waals surface area (Å²) in [4.78, 5) is 24.8. The summed E-state index contributed by atoms with van der Waals surface area (Å²) in [7, 11) is 1.51. The number of rotatable bonds is 5. The third-order valence-corrected chi connectivity index (χ3v) is 7.80. The SMILES string of the molecule is COc1c(Br)cc(C(=O)Nc2scc(-c3ccc(Cl)cc3)c2C(=O)O)c(Br)c1Br. The number of hydrogen-bond donors (Lipinski definition) is 2. The van der Waals surface area contributed by atoms with E-state index < -0.39 is 11.9 Å². The Morgan fingerprint density at radius 1 is 1.14 bits per heavy atom. The van der Waals surface area contributed by atoms with Crippen LogP contribution in [0.2, 0.25) is 5.02 Å². The van der Waals surface area contributed by atoms with Crippen molar-refractivity contribution < 1.29 is 19.4 Å². The summed E-state index contributed by atoms with van der Waals surface area (Å²) >= 11 is 17.2. The Balaban J connectivity index is 2.00. The molecule has 0 aliphatic rings. The van der Waals surface area contributed by atoms with Gasteiger partial charge in [-0.3, -0.25) is 4.79 Å². The molecule has 0 saturated heterocycles. The van der Waals surface area contributed by atoms with Crippen LogP contribution in [0.5, 0.6) is 5.75 Å². The lowest BCUT2D eigenvalue weighted by molar-refractivity contribution is 0.0699. The van der Waals surface area contributed by atoms with Gasteiger partial charge in [0.2, 0.25) is 0 Å². The molecule has 0 aliphatic heterocycles. The van der Waals surface area contributed by atoms with Crippen LogP contribution in [0.4, 0.5) is 5.00 Å². The van der Waals surface area contributed by atoms with Gasteiger partial charge in [-0.25, -0.2) is 4.79 Å². The molecule has 1 heterocycles. The van der Waals surface area contributed by atoms with Crippen molar-refractivity contribution in [2.75, 3.05) is 12.4 Å². The zero-order valence-corrected chi connectivity index (χ0v) is 20.9. The minimum Gasteiger partial charge on any atom is -0.494 e. The monoisotopic (exact) mass is 621 g/mol. The number of ether oxygens (including phenoxy) is 1. The molecule has 0 bridgehead atoms. The highest BCUT2D eigenvalue weighted by atomic mass is 79.9. The number of carbonyl (C=O) groups excluding carboxylic acids is 1. The first kappa shape index (κ1) is 22.3. The number of nitrogens with one attached hydrogen (secondary N) is 1. The predicted molar refractivity (Wildman–Crippen MR) is 126 cm³/mol. The Hall–Kier alpha value is -1.39. The van der Waals surface area contributed by atoms with Crippen LogP contribution in [-0.2, 0) is 0 Å². The van der Waals surface area contributed by atoms with Crippen molar-refractivity contribution in [2.24, 2.45) is 0 Å². The standard InChI is InChI=1S/C19H11Br3ClNO4S/c1-28-16-12(20)6-10(14(21)15(16)22)17(25)24-18-13(19(26)27)11(7-29-18)8-2-4-9(23)5-3-8/h2-7H,1H3,(H,24,25)(H,26,27). The molecule has 1 aromatic heterocycles. The number of anilines is 1. The second kappa shape index (κ2) is 9.18. The molecule has 10 heteroatoms. The van der Waals surface area contributed by atoms with Crippen molar-refractivity contribution in [2.45, 2.75) is 0 Å². The maximum absolute atomic E-state index is 12.9. The number of methoxy groups -OCH3 is 1. The molecule has 3 aromatic rings. The van der Waals surface area contributed by atoms with Gasteiger partial charge in [-0.2, -0.15) is 0 Å². The maximum Gasteiger partial charge on any atom is 0.339 e. The van der Waals surface area contributed by atoms with Gasteiger partial charge in [0, 0.05) is 20.4 Å². The van der Waals surface area contributed by atoms with Crippen LogP contribution in [0.15, 0.2) is 49.1 Å². The van der Waals surface area contributed by atoms with Crippen molar-refractivity contribution in [1.29, 1.82) is 0 Å². The van der Waals surface area contributed by atoms with E-state index in [-0.39, 0.29) is 10.6 Å². The zero-order chi connectivity index (χ0) is 21.3. The van der Waals surface area contributed by atoms with Crippen molar-refractivity contribution >= 4 is 87.6 Å². The molecule has 0 saturated carbocycles. The molecule has 0 fully saturated rings. The molecule has 150 valence electrons. The summed E-state index contributed by atoms with van der Waals surface area (Å²) in [5, 5.41) is 14.9. The molecule has 29 heavy (non-hydrogen) atoms. The second-order valence-electron chi connectivity index (χ2n) is 5.69. The molecule has 0 atom stereocenters. The lowest BCUT2D eigenvalue weighted by Gasteiger charge is -2.12. The van der Waals surface area contributed by atoms with Gasteiger partial charge in [0.1, 0.15) is 16.3 Å². The Labute approximate surface area is 200 Å². The Morgan fingerprint density at radius 3 is 2.38 bits per heavy atom. The second-order valence-corrected chi connectivity index (χ2v) is 9.44. The first-order chi connectivity index (χ1) is 13.7. The fourth-order valence-corrected chi connectivity index (χ4v) is 5.61. The summed E-state index contributed by atoms with van der Waals surface area (Å²) in [5.74, 6) is -1.07. The van der Waals surface area contributed by atoms with Crippen LogP contribution >= 0.6 is 70.7 Å². The lowest BCUT2D eigenvalue weighted by Crippen LogP contribution is -2.14. The zero-order valence-electron chi connectivity index (χ0n) is 14.6. The topological polar surface area (TPSA) is 75.6 Å². The molecule has 0 spiro atoms. The quantitative estimate of drug-likeness (QED) is 0.292. The Kier molecular flexibility index (Phi) is 7.06. The number of aromatic carboxylic acids is 1. The van der Waals surface area contributed by atoms with Gasteiger partial charge in [0.05, 0.1) is 21.6 Å². The van der Waals surface area contributed by atoms with Crippen LogP contribution in [0.1, 0.15) is 20.7 Å². The predicted octanol–water partition coefficient (Wildman–Crippen LogP) is 7.32. The molecular weight excluding hydrogens is 613 g/mol. The largest absolute Gasteiger partial charge is 0.494 e. The number of carboxylic acids is 1. The molecule has 0 unspecified atom stereocenters. The summed E-state index contributed by atoms with van der Waals surface area (Å²) in [6, 6.07) is 8.43. The Bertz CT molecular complexity index is 1120. The number of hydrogen-bond acceptors (Lipinski definition) is 4. The highest BCUT2D eigenvalue weighted by Gasteiger charge is 2.24. The van der Waals surface area contributed by atoms with Gasteiger partial charge in [-0.1, -0.05) is 23.7 Å². The highest BCUT2D eigenvalue weighted by Crippen LogP contribution is 2.42. The number of amides is 1. The van der Waals surface area contributed by atoms with Crippen molar-refractivity contribution in [3.63, 3.8) is 0 Å². The van der Waals surface area contributed by atoms with Crippen LogP contribution in [-0.4, -0.2) is 24.1 Å². The third-order valence-electron chi connectivity index (χ3n) is 3.95. The van der Waals surface area contributed by atoms with E-state index in [2.05, 4.69) is 53.1 Å². The van der Waals surface area contributed by atoms with Crippen LogP contribution in [0.25, 0.3) is 11.1 Å². The minimum absolute atomic E-state index is 0.0217. The number of halogens is 4. The van der Waals surface area contributed by atoms with E-state index in [0.717, 1.165) is 11.3 Å². The van der Waals surface area contributed by atoms with Gasteiger partial charge in [-0.15, -0.1) is 11.3 Å². The molecule has 2 aromatic carbocycles. The fraction of sp³-hybridized carbons (Fsp3) is 0.0526. The summed E-state index contributed by atoms with van der Waals surface area (Å²) < 4.78 is 6.90. The summed E-state index contributed by atoms with van der Waals surface area (Å²) in [6.45, 7) is 0. The first-order valence-corrected chi connectivity index (χ1v) is 11.5. The molecule has 1 amide bonds. The number of thiophene rings is 1. The number of carbonyl (C=O) groups is 2. The molecular formula is C19H11Br3ClNO4S. The third kappa shape index (κ3) is 4.54. The fourth-order valence-electron chi connectivity index (χ4n) is 2.61. The summed E-state index contributed by atoms with van der Waals surface area (Å²) in [5.41, 5.74) is 1.53. The van der Waals surface area contributed by atoms with Crippen LogP contribution in [0, 0.1) is 0 Å². The average molecular weight is 625 g/mol. The van der Waals surface area contributed by atoms with Gasteiger partial charge < -0.3 is 15.2 Å². The van der Waals surface area contributed by atoms with E-state index in [1.165, 1.54) is 7.11 Å². The van der Waals surface area contributed by atoms with Gasteiger partial charge in [-0.05, 0) is 71.6 Å². The number of carboxylic acid groups (broad SMARTS) is 1. The van der Waals surface area contributed by atoms with Crippen molar-refractivity contribution in [3.8, 4) is 16.9 Å². The van der Waals surface area contributed by atoms with Gasteiger partial charge in [0.25, 0.3) is 5.91 Å². The van der Waals surface area contributed by atoms with E-state index in [1.54, 1.807) is 35.7 Å². The average Bonchev–Trinajstić information content (AvgIpc) is 3.09. The Morgan fingerprint density at radius 2 is 1.79 bits per heavy atom. The number of benzene rings is 2. The highest BCUT2D eigenvalue weighted by molar-refractivity contribution is 9.13. The smallest absolute Gasteiger partial charge is 0.339 e. The van der Waals surface area contributed by atoms with E-state index in [1.807, 2.05) is 0 Å². The summed E-state index contributed by atoms with van der Waals surface area (Å²) in [6.07, 6.45) is 0. The van der Waals surface area contributed by atoms with E-state index >= 15 is 0 Å². The molecule has 5 nitrogen and oxygen atoms in total. The normalized spacial score (nSPS) is 10.7. The molecule has 0 radical (unpaired) electrons. The molecule has 0 aliphatic carbocycles. The van der Waals surface area contributed by atoms with Gasteiger partial charge >= 0.3 is 5.97 Å². The first-order valence-electron chi connectivity index (χ1n) is 7.88.